The fourth-order valence-corrected chi connectivity index (χ4v) is 7.73. The predicted molar refractivity (Wildman–Crippen MR) is 240 cm³/mol. The van der Waals surface area contributed by atoms with Gasteiger partial charge in [0.05, 0.1) is 67.6 Å². The van der Waals surface area contributed by atoms with Crippen LogP contribution in [0.15, 0.2) is 212 Å². The van der Waals surface area contributed by atoms with E-state index in [4.69, 9.17) is 11.0 Å². The Labute approximate surface area is 359 Å². The van der Waals surface area contributed by atoms with Crippen LogP contribution in [0, 0.1) is 0 Å². The van der Waals surface area contributed by atoms with Crippen LogP contribution in [-0.2, 0) is 0 Å². The zero-order chi connectivity index (χ0) is 55.7. The van der Waals surface area contributed by atoms with Gasteiger partial charge in [-0.2, -0.15) is 0 Å². The van der Waals surface area contributed by atoms with Crippen LogP contribution in [0.3, 0.4) is 0 Å². The van der Waals surface area contributed by atoms with Crippen LogP contribution in [0.25, 0.3) is 105 Å². The van der Waals surface area contributed by atoms with E-state index in [2.05, 4.69) is 0 Å². The summed E-state index contributed by atoms with van der Waals surface area (Å²) in [7, 11) is 0. The molecular formula is C54H35N3. The lowest BCUT2D eigenvalue weighted by Crippen LogP contribution is -1.97. The molecule has 12 rings (SSSR count). The highest BCUT2D eigenvalue weighted by Crippen LogP contribution is 2.41. The second-order valence-electron chi connectivity index (χ2n) is 13.3. The molecule has 0 aliphatic rings. The van der Waals surface area contributed by atoms with E-state index in [0.29, 0.717) is 22.5 Å². The van der Waals surface area contributed by atoms with Gasteiger partial charge in [0, 0.05) is 49.3 Å². The van der Waals surface area contributed by atoms with Gasteiger partial charge in [0.25, 0.3) is 0 Å². The lowest BCUT2D eigenvalue weighted by Gasteiger charge is -2.14. The van der Waals surface area contributed by atoms with Crippen LogP contribution < -0.4 is 0 Å². The van der Waals surface area contributed by atoms with Crippen molar-refractivity contribution in [2.75, 3.05) is 0 Å². The summed E-state index contributed by atoms with van der Waals surface area (Å²) in [6.45, 7) is 0. The smallest absolute Gasteiger partial charge is 0.0652 e. The second-order valence-corrected chi connectivity index (χ2v) is 13.3. The maximum Gasteiger partial charge on any atom is 0.0652 e. The zero-order valence-corrected chi connectivity index (χ0v) is 29.4. The van der Waals surface area contributed by atoms with Crippen molar-refractivity contribution in [3.63, 3.8) is 0 Å². The van der Waals surface area contributed by atoms with Gasteiger partial charge in [-0.15, -0.1) is 0 Å². The number of hydrogen-bond donors (Lipinski definition) is 0. The van der Waals surface area contributed by atoms with E-state index in [9.17, 15) is 17.8 Å². The summed E-state index contributed by atoms with van der Waals surface area (Å²) in [5.41, 5.74) is -1.61. The number of aromatic nitrogens is 3. The van der Waals surface area contributed by atoms with E-state index >= 15 is 0 Å². The first-order chi connectivity index (χ1) is 37.1. The normalized spacial score (nSPS) is 17.0. The van der Waals surface area contributed by atoms with Crippen molar-refractivity contribution in [3.05, 3.63) is 212 Å². The first-order valence-electron chi connectivity index (χ1n) is 28.4. The Bertz CT molecular complexity index is 4740. The molecule has 0 N–H and O–H groups in total. The Morgan fingerprint density at radius 1 is 0.298 bits per heavy atom. The molecule has 0 radical (unpaired) electrons. The molecule has 3 heteroatoms. The lowest BCUT2D eigenvalue weighted by atomic mass is 10.0. The minimum Gasteiger partial charge on any atom is -0.309 e. The Morgan fingerprint density at radius 2 is 0.737 bits per heavy atom. The average molecular weight is 747 g/mol. The number of rotatable bonds is 5. The average Bonchev–Trinajstić information content (AvgIpc) is 4.08. The molecule has 0 aliphatic heterocycles. The third-order valence-corrected chi connectivity index (χ3v) is 10.2. The van der Waals surface area contributed by atoms with Crippen molar-refractivity contribution in [1.29, 1.82) is 0 Å². The standard InChI is InChI=1S/C54H35N3/c1-3-15-36(16-4-1)41-19-7-11-23-48(41)57-51-26-14-10-21-43(51)46-34-38(28-31-54(46)57)37-27-30-52-45(33-37)42-20-8-13-25-50(42)56(52)40-29-32-53-47(35-40)44-22-9-12-24-49(44)55(53)39-17-5-2-6-18-39/h1-35H/i8D,9D,10D,12D,13D,14D,20D,21D,22D,24D,25D,26D,27D,28D,29D,30D,31D,32D,33D,34D,35D. The molecule has 0 bridgehead atoms. The van der Waals surface area contributed by atoms with Crippen LogP contribution in [0.2, 0.25) is 0 Å². The summed E-state index contributed by atoms with van der Waals surface area (Å²) >= 11 is 0. The number of para-hydroxylation sites is 5. The molecule has 0 saturated carbocycles. The minimum absolute atomic E-state index is 0.139. The SMILES string of the molecule is [2H]c1c([2H])c([2H])c2c(c1[2H])c1c([2H])c(-n3c4c([2H])c([2H])c([2H])c([2H])c4c4c([2H])c(-c5c([2H])c([2H])c6c(c5[2H])c5c([2H])c([2H])c([2H])c([2H])c5n6-c5ccccc5-c5ccccc5)c([2H])c([2H])c43)c([2H])c([2H])c1n2-c1ccccc1. The van der Waals surface area contributed by atoms with Crippen molar-refractivity contribution in [2.45, 2.75) is 0 Å². The van der Waals surface area contributed by atoms with Crippen molar-refractivity contribution in [1.82, 2.24) is 13.7 Å². The van der Waals surface area contributed by atoms with Gasteiger partial charge in [-0.05, 0) is 95.3 Å². The van der Waals surface area contributed by atoms with E-state index in [1.807, 2.05) is 18.2 Å². The molecule has 0 aliphatic carbocycles. The van der Waals surface area contributed by atoms with Gasteiger partial charge >= 0.3 is 0 Å². The van der Waals surface area contributed by atoms with Gasteiger partial charge < -0.3 is 13.7 Å². The Morgan fingerprint density at radius 3 is 1.35 bits per heavy atom. The summed E-state index contributed by atoms with van der Waals surface area (Å²) in [6, 6.07) is 9.42. The number of nitrogens with zero attached hydrogens (tertiary/aromatic N) is 3. The first-order valence-corrected chi connectivity index (χ1v) is 17.9. The van der Waals surface area contributed by atoms with Crippen molar-refractivity contribution in [2.24, 2.45) is 0 Å². The molecule has 3 heterocycles. The van der Waals surface area contributed by atoms with Crippen molar-refractivity contribution in [3.8, 4) is 39.3 Å². The maximum atomic E-state index is 10.0. The summed E-state index contributed by atoms with van der Waals surface area (Å²) in [5, 5.41) is -1.89. The molecule has 12 aromatic rings. The van der Waals surface area contributed by atoms with Gasteiger partial charge in [-0.1, -0.05) is 133 Å². The topological polar surface area (TPSA) is 14.8 Å². The quantitative estimate of drug-likeness (QED) is 0.167. The fraction of sp³-hybridized carbons (Fsp3) is 0. The number of benzene rings is 9. The third-order valence-electron chi connectivity index (χ3n) is 10.2. The van der Waals surface area contributed by atoms with Crippen molar-refractivity contribution >= 4 is 65.4 Å². The molecule has 0 fully saturated rings. The zero-order valence-electron chi connectivity index (χ0n) is 50.4. The van der Waals surface area contributed by atoms with Gasteiger partial charge in [0.2, 0.25) is 0 Å². The molecule has 0 saturated heterocycles. The molecule has 0 unspecified atom stereocenters. The monoisotopic (exact) mass is 746 g/mol. The van der Waals surface area contributed by atoms with E-state index < -0.39 is 166 Å². The fourth-order valence-electron chi connectivity index (χ4n) is 7.73. The third kappa shape index (κ3) is 4.79. The van der Waals surface area contributed by atoms with Gasteiger partial charge in [-0.3, -0.25) is 0 Å². The molecular weight excluding hydrogens is 691 g/mol. The van der Waals surface area contributed by atoms with Crippen LogP contribution in [0.1, 0.15) is 28.8 Å². The highest BCUT2D eigenvalue weighted by molar-refractivity contribution is 6.14. The molecule has 57 heavy (non-hydrogen) atoms. The number of fused-ring (bicyclic) bond motifs is 9. The largest absolute Gasteiger partial charge is 0.309 e. The lowest BCUT2D eigenvalue weighted by molar-refractivity contribution is 1.17. The second kappa shape index (κ2) is 12.5. The molecule has 3 aromatic heterocycles. The van der Waals surface area contributed by atoms with E-state index in [0.717, 1.165) is 4.57 Å². The Kier molecular flexibility index (Phi) is 3.81. The molecule has 0 spiro atoms. The summed E-state index contributed by atoms with van der Waals surface area (Å²) < 4.78 is 200. The van der Waals surface area contributed by atoms with Gasteiger partial charge in [0.1, 0.15) is 0 Å². The highest BCUT2D eigenvalue weighted by atomic mass is 15.0. The molecule has 266 valence electrons. The van der Waals surface area contributed by atoms with Crippen LogP contribution in [0.5, 0.6) is 0 Å². The van der Waals surface area contributed by atoms with E-state index in [1.165, 1.54) is 9.13 Å². The van der Waals surface area contributed by atoms with E-state index in [1.54, 1.807) is 66.7 Å². The molecule has 0 atom stereocenters. The summed E-state index contributed by atoms with van der Waals surface area (Å²) in [4.78, 5) is 0. The van der Waals surface area contributed by atoms with Crippen molar-refractivity contribution < 1.29 is 28.8 Å². The Balaban J connectivity index is 1.25. The highest BCUT2D eigenvalue weighted by Gasteiger charge is 2.19. The molecule has 9 aromatic carbocycles. The molecule has 3 nitrogen and oxygen atoms in total. The number of hydrogen-bond acceptors (Lipinski definition) is 0. The summed E-state index contributed by atoms with van der Waals surface area (Å²) in [6.07, 6.45) is 0. The summed E-state index contributed by atoms with van der Waals surface area (Å²) in [5.74, 6) is 0. The van der Waals surface area contributed by atoms with Crippen LogP contribution in [-0.4, -0.2) is 13.7 Å². The van der Waals surface area contributed by atoms with Gasteiger partial charge in [0.15, 0.2) is 0 Å². The maximum absolute atomic E-state index is 10.0. The minimum atomic E-state index is -0.882. The molecule has 0 amide bonds. The Hall–Kier alpha value is -7.62. The first kappa shape index (κ1) is 17.5. The van der Waals surface area contributed by atoms with Crippen LogP contribution in [0.4, 0.5) is 0 Å². The predicted octanol–water partition coefficient (Wildman–Crippen LogP) is 14.3. The van der Waals surface area contributed by atoms with E-state index in [-0.39, 0.29) is 43.6 Å². The van der Waals surface area contributed by atoms with Gasteiger partial charge in [-0.25, -0.2) is 0 Å². The van der Waals surface area contributed by atoms with Crippen LogP contribution >= 0.6 is 0 Å².